The van der Waals surface area contributed by atoms with Gasteiger partial charge in [-0.1, -0.05) is 12.2 Å². The van der Waals surface area contributed by atoms with E-state index in [0.29, 0.717) is 11.1 Å². The van der Waals surface area contributed by atoms with E-state index in [1.54, 1.807) is 73.8 Å². The van der Waals surface area contributed by atoms with Gasteiger partial charge >= 0.3 is 0 Å². The van der Waals surface area contributed by atoms with Gasteiger partial charge in [0.25, 0.3) is 0 Å². The van der Waals surface area contributed by atoms with Crippen LogP contribution < -0.4 is 0 Å². The second-order valence-electron chi connectivity index (χ2n) is 13.1. The third-order valence-corrected chi connectivity index (χ3v) is 8.91. The number of aliphatic hydroxyl groups is 2. The first-order chi connectivity index (χ1) is 29.1. The molecule has 0 saturated carbocycles. The molecule has 0 amide bonds. The Hall–Kier alpha value is -7.14. The molecule has 8 heterocycles. The Morgan fingerprint density at radius 2 is 0.525 bits per heavy atom. The van der Waals surface area contributed by atoms with Crippen LogP contribution in [0.3, 0.4) is 0 Å². The molecule has 8 rings (SSSR count). The summed E-state index contributed by atoms with van der Waals surface area (Å²) in [6.45, 7) is 0. The van der Waals surface area contributed by atoms with Crippen LogP contribution in [0.25, 0.3) is 12.2 Å². The van der Waals surface area contributed by atoms with E-state index in [4.69, 9.17) is 0 Å². The number of hydrogen-bond acceptors (Lipinski definition) is 10. The second kappa shape index (κ2) is 25.9. The maximum Gasteiger partial charge on any atom is 0.109 e. The molecule has 296 valence electrons. The number of nitrogens with zero attached hydrogens (tertiary/aromatic N) is 8. The molecule has 0 radical (unpaired) electrons. The highest BCUT2D eigenvalue weighted by Crippen LogP contribution is 2.27. The maximum absolute atomic E-state index is 9.94. The van der Waals surface area contributed by atoms with Crippen molar-refractivity contribution in [2.75, 3.05) is 0 Å². The topological polar surface area (TPSA) is 144 Å². The summed E-state index contributed by atoms with van der Waals surface area (Å²) in [6.07, 6.45) is 35.9. The van der Waals surface area contributed by atoms with Crippen molar-refractivity contribution in [2.24, 2.45) is 0 Å². The number of aromatic nitrogens is 8. The van der Waals surface area contributed by atoms with Crippen LogP contribution >= 0.6 is 0 Å². The van der Waals surface area contributed by atoms with E-state index in [0.717, 1.165) is 36.8 Å². The van der Waals surface area contributed by atoms with Crippen LogP contribution in [-0.4, -0.2) is 50.1 Å². The SMILES string of the molecule is C(=C\c1ccncc1)/c1ccncc1.OC(c1ccncc1)C(O)c1ccncc1.c1cc(CCCc2ccncc2)ccn1.c1cc(CCc2ccncc2)ccn1. The fourth-order valence-electron chi connectivity index (χ4n) is 5.61. The third kappa shape index (κ3) is 16.9. The van der Waals surface area contributed by atoms with Crippen molar-refractivity contribution in [1.29, 1.82) is 0 Å². The number of rotatable bonds is 12. The number of pyridine rings is 8. The Kier molecular flexibility index (Phi) is 18.9. The zero-order chi connectivity index (χ0) is 41.0. The van der Waals surface area contributed by atoms with E-state index < -0.39 is 12.2 Å². The Morgan fingerprint density at radius 1 is 0.305 bits per heavy atom. The molecule has 2 unspecified atom stereocenters. The van der Waals surface area contributed by atoms with Crippen LogP contribution in [0.2, 0.25) is 0 Å². The summed E-state index contributed by atoms with van der Waals surface area (Å²) >= 11 is 0. The summed E-state index contributed by atoms with van der Waals surface area (Å²) in [5.41, 5.74) is 8.96. The molecular formula is C49H48N8O2. The summed E-state index contributed by atoms with van der Waals surface area (Å²) in [5.74, 6) is 0. The van der Waals surface area contributed by atoms with Gasteiger partial charge in [0, 0.05) is 99.1 Å². The molecule has 59 heavy (non-hydrogen) atoms. The van der Waals surface area contributed by atoms with Gasteiger partial charge in [-0.25, -0.2) is 0 Å². The molecule has 10 heteroatoms. The lowest BCUT2D eigenvalue weighted by molar-refractivity contribution is 0.0171. The average Bonchev–Trinajstić information content (AvgIpc) is 3.33. The standard InChI is InChI=1S/C13H14N2.C12H12N2O2.C12H12N2.C12H10N2/c1(2-12-4-8-14-9-5-12)3-13-6-10-15-11-7-13;15-11(9-1-5-13-6-2-9)12(16)10-3-7-14-8-4-10;2*1(11-3-7-13-8-4-11)2-12-5-9-14-10-6-12/h4-11H,1-3H2;1-8,11-12,15-16H;3-10H,1-2H2;1-10H/b;;;2-1+. The van der Waals surface area contributed by atoms with E-state index in [1.807, 2.05) is 73.8 Å². The van der Waals surface area contributed by atoms with Gasteiger partial charge in [0.15, 0.2) is 0 Å². The summed E-state index contributed by atoms with van der Waals surface area (Å²) in [5, 5.41) is 19.9. The first kappa shape index (κ1) is 43.0. The van der Waals surface area contributed by atoms with Crippen molar-refractivity contribution in [3.8, 4) is 0 Å². The van der Waals surface area contributed by atoms with Crippen LogP contribution in [0.15, 0.2) is 196 Å². The molecule has 0 aliphatic heterocycles. The number of aliphatic hydroxyl groups excluding tert-OH is 2. The van der Waals surface area contributed by atoms with Gasteiger partial charge in [-0.15, -0.1) is 0 Å². The third-order valence-electron chi connectivity index (χ3n) is 8.91. The normalized spacial score (nSPS) is 11.4. The van der Waals surface area contributed by atoms with Crippen LogP contribution in [0.5, 0.6) is 0 Å². The van der Waals surface area contributed by atoms with Gasteiger partial charge in [-0.05, 0) is 174 Å². The molecule has 2 N–H and O–H groups in total. The summed E-state index contributed by atoms with van der Waals surface area (Å²) in [6, 6.07) is 31.1. The fraction of sp³-hybridized carbons (Fsp3) is 0.143. The molecule has 10 nitrogen and oxygen atoms in total. The molecule has 2 atom stereocenters. The van der Waals surface area contributed by atoms with Gasteiger partial charge in [-0.3, -0.25) is 39.9 Å². The van der Waals surface area contributed by atoms with Gasteiger partial charge in [0.05, 0.1) is 0 Å². The summed E-state index contributed by atoms with van der Waals surface area (Å²) < 4.78 is 0. The van der Waals surface area contributed by atoms with E-state index in [-0.39, 0.29) is 0 Å². The van der Waals surface area contributed by atoms with Crippen molar-refractivity contribution < 1.29 is 10.2 Å². The van der Waals surface area contributed by atoms with Crippen molar-refractivity contribution in [3.63, 3.8) is 0 Å². The zero-order valence-electron chi connectivity index (χ0n) is 32.8. The molecule has 0 saturated heterocycles. The Morgan fingerprint density at radius 3 is 0.797 bits per heavy atom. The highest BCUT2D eigenvalue weighted by atomic mass is 16.3. The monoisotopic (exact) mass is 780 g/mol. The number of aryl methyl sites for hydroxylation is 4. The largest absolute Gasteiger partial charge is 0.385 e. The van der Waals surface area contributed by atoms with Crippen LogP contribution in [0.1, 0.15) is 63.1 Å². The highest BCUT2D eigenvalue weighted by Gasteiger charge is 2.19. The van der Waals surface area contributed by atoms with E-state index in [9.17, 15) is 10.2 Å². The zero-order valence-corrected chi connectivity index (χ0v) is 32.8. The van der Waals surface area contributed by atoms with Crippen LogP contribution in [0, 0.1) is 0 Å². The minimum absolute atomic E-state index is 0.638. The maximum atomic E-state index is 9.94. The Labute approximate surface area is 346 Å². The molecule has 0 aliphatic carbocycles. The molecule has 0 bridgehead atoms. The minimum atomic E-state index is -0.953. The predicted octanol–water partition coefficient (Wildman–Crippen LogP) is 8.80. The predicted molar refractivity (Wildman–Crippen MR) is 232 cm³/mol. The van der Waals surface area contributed by atoms with Gasteiger partial charge in [0.2, 0.25) is 0 Å². The lowest BCUT2D eigenvalue weighted by Gasteiger charge is -2.17. The summed E-state index contributed by atoms with van der Waals surface area (Å²) in [7, 11) is 0. The molecule has 0 aliphatic rings. The smallest absolute Gasteiger partial charge is 0.109 e. The van der Waals surface area contributed by atoms with Crippen molar-refractivity contribution in [1.82, 2.24) is 39.9 Å². The molecular weight excluding hydrogens is 733 g/mol. The lowest BCUT2D eigenvalue weighted by atomic mass is 10.0. The second-order valence-corrected chi connectivity index (χ2v) is 13.1. The fourth-order valence-corrected chi connectivity index (χ4v) is 5.61. The van der Waals surface area contributed by atoms with Gasteiger partial charge in [-0.2, -0.15) is 0 Å². The quantitative estimate of drug-likeness (QED) is 0.123. The average molecular weight is 781 g/mol. The summed E-state index contributed by atoms with van der Waals surface area (Å²) in [4.78, 5) is 31.6. The highest BCUT2D eigenvalue weighted by molar-refractivity contribution is 5.68. The van der Waals surface area contributed by atoms with E-state index in [1.165, 1.54) is 28.7 Å². The molecule has 8 aromatic rings. The van der Waals surface area contributed by atoms with Crippen molar-refractivity contribution >= 4 is 12.2 Å². The van der Waals surface area contributed by atoms with Crippen LogP contribution in [-0.2, 0) is 25.7 Å². The molecule has 0 spiro atoms. The van der Waals surface area contributed by atoms with E-state index in [2.05, 4.69) is 101 Å². The Balaban J connectivity index is 0.000000150. The lowest BCUT2D eigenvalue weighted by Crippen LogP contribution is -2.10. The molecule has 0 aromatic carbocycles. The van der Waals surface area contributed by atoms with E-state index >= 15 is 0 Å². The van der Waals surface area contributed by atoms with Gasteiger partial charge < -0.3 is 10.2 Å². The number of hydrogen-bond donors (Lipinski definition) is 2. The molecule has 0 fully saturated rings. The minimum Gasteiger partial charge on any atom is -0.385 e. The first-order valence-electron chi connectivity index (χ1n) is 19.3. The first-order valence-corrected chi connectivity index (χ1v) is 19.3. The van der Waals surface area contributed by atoms with Crippen LogP contribution in [0.4, 0.5) is 0 Å². The molecule has 8 aromatic heterocycles. The van der Waals surface area contributed by atoms with Crippen molar-refractivity contribution in [3.05, 3.63) is 241 Å². The Bertz CT molecular complexity index is 2100. The van der Waals surface area contributed by atoms with Crippen molar-refractivity contribution in [2.45, 2.75) is 44.3 Å². The van der Waals surface area contributed by atoms with Gasteiger partial charge in [0.1, 0.15) is 12.2 Å².